The summed E-state index contributed by atoms with van der Waals surface area (Å²) in [7, 11) is 0. The Morgan fingerprint density at radius 3 is 1.21 bits per heavy atom. The topological polar surface area (TPSA) is 6.48 Å². The van der Waals surface area contributed by atoms with Crippen molar-refractivity contribution in [1.29, 1.82) is 0 Å². The fourth-order valence-electron chi connectivity index (χ4n) is 6.62. The number of benzene rings is 7. The Balaban J connectivity index is 1.22. The molecule has 53 heavy (non-hydrogen) atoms. The van der Waals surface area contributed by atoms with Crippen LogP contribution in [-0.4, -0.2) is 0 Å². The average Bonchev–Trinajstić information content (AvgIpc) is 3.65. The van der Waals surface area contributed by atoms with Crippen LogP contribution in [0.1, 0.15) is 11.1 Å². The highest BCUT2D eigenvalue weighted by Crippen LogP contribution is 2.46. The minimum Gasteiger partial charge on any atom is -0.311 e. The third-order valence-electron chi connectivity index (χ3n) is 9.46. The van der Waals surface area contributed by atoms with Gasteiger partial charge in [0.15, 0.2) is 0 Å². The summed E-state index contributed by atoms with van der Waals surface area (Å²) >= 11 is 1.54. The molecule has 0 spiro atoms. The summed E-state index contributed by atoms with van der Waals surface area (Å²) in [6, 6.07) is 61.5. The van der Waals surface area contributed by atoms with E-state index in [4.69, 9.17) is 0 Å². The largest absolute Gasteiger partial charge is 0.311 e. The van der Waals surface area contributed by atoms with Crippen molar-refractivity contribution in [1.82, 2.24) is 0 Å². The number of para-hydroxylation sites is 3. The van der Waals surface area contributed by atoms with Gasteiger partial charge in [0.05, 0.1) is 0 Å². The van der Waals surface area contributed by atoms with Gasteiger partial charge in [-0.25, -0.2) is 8.78 Å². The molecule has 5 heteroatoms. The number of nitrogens with zero attached hydrogens (tertiary/aromatic N) is 2. The maximum atomic E-state index is 14.9. The number of hydrogen-bond donors (Lipinski definition) is 0. The fourth-order valence-corrected chi connectivity index (χ4v) is 7.79. The molecule has 0 aliphatic heterocycles. The number of aryl methyl sites for hydroxylation is 1. The lowest BCUT2D eigenvalue weighted by atomic mass is 10.00. The van der Waals surface area contributed by atoms with Crippen LogP contribution < -0.4 is 9.80 Å². The third-order valence-corrected chi connectivity index (χ3v) is 10.7. The standard InChI is InChI=1S/C48H36F2N2S/c1-33-18-24-41(25-19-33)52(40-16-10-5-11-17-40)43-28-22-36(23-29-43)48-44(32-47(53-48)37-30-45(49)34(2)46(50)31-37)35-20-26-42(27-21-35)51(38-12-6-3-7-13-38)39-14-8-4-9-15-39/h3-32H,1-2H3. The Labute approximate surface area is 313 Å². The lowest BCUT2D eigenvalue weighted by Gasteiger charge is -2.26. The molecule has 0 unspecified atom stereocenters. The van der Waals surface area contributed by atoms with E-state index in [1.165, 1.54) is 36.0 Å². The average molecular weight is 711 g/mol. The maximum absolute atomic E-state index is 14.9. The van der Waals surface area contributed by atoms with Gasteiger partial charge >= 0.3 is 0 Å². The molecular formula is C48H36F2N2S. The lowest BCUT2D eigenvalue weighted by Crippen LogP contribution is -2.09. The van der Waals surface area contributed by atoms with Crippen molar-refractivity contribution >= 4 is 45.5 Å². The number of anilines is 6. The van der Waals surface area contributed by atoms with E-state index in [0.717, 1.165) is 60.6 Å². The first kappa shape index (κ1) is 33.8. The van der Waals surface area contributed by atoms with E-state index in [9.17, 15) is 8.78 Å². The van der Waals surface area contributed by atoms with E-state index in [1.54, 1.807) is 0 Å². The molecule has 0 aliphatic rings. The predicted molar refractivity (Wildman–Crippen MR) is 219 cm³/mol. The monoisotopic (exact) mass is 710 g/mol. The van der Waals surface area contributed by atoms with Gasteiger partial charge in [0.1, 0.15) is 11.6 Å². The van der Waals surface area contributed by atoms with E-state index in [2.05, 4.69) is 132 Å². The first-order valence-electron chi connectivity index (χ1n) is 17.6. The van der Waals surface area contributed by atoms with E-state index >= 15 is 0 Å². The van der Waals surface area contributed by atoms with Crippen LogP contribution in [0.5, 0.6) is 0 Å². The Kier molecular flexibility index (Phi) is 9.41. The van der Waals surface area contributed by atoms with Gasteiger partial charge in [0.25, 0.3) is 0 Å². The summed E-state index contributed by atoms with van der Waals surface area (Å²) in [5.74, 6) is -1.10. The van der Waals surface area contributed by atoms with Crippen LogP contribution in [-0.2, 0) is 0 Å². The van der Waals surface area contributed by atoms with Crippen LogP contribution in [0.25, 0.3) is 32.0 Å². The minimum absolute atomic E-state index is 0.0230. The van der Waals surface area contributed by atoms with Gasteiger partial charge in [-0.1, -0.05) is 96.6 Å². The van der Waals surface area contributed by atoms with Gasteiger partial charge in [-0.05, 0) is 122 Å². The fraction of sp³-hybridized carbons (Fsp3) is 0.0417. The van der Waals surface area contributed by atoms with Gasteiger partial charge in [0.2, 0.25) is 0 Å². The molecule has 7 aromatic carbocycles. The van der Waals surface area contributed by atoms with Gasteiger partial charge < -0.3 is 9.80 Å². The smallest absolute Gasteiger partial charge is 0.129 e. The summed E-state index contributed by atoms with van der Waals surface area (Å²) in [6.07, 6.45) is 0. The van der Waals surface area contributed by atoms with Crippen LogP contribution in [0.2, 0.25) is 0 Å². The highest BCUT2D eigenvalue weighted by atomic mass is 32.1. The summed E-state index contributed by atoms with van der Waals surface area (Å²) < 4.78 is 29.7. The molecule has 0 aliphatic carbocycles. The minimum atomic E-state index is -0.552. The molecule has 0 radical (unpaired) electrons. The van der Waals surface area contributed by atoms with E-state index in [1.807, 2.05) is 54.6 Å². The van der Waals surface area contributed by atoms with Crippen molar-refractivity contribution in [2.45, 2.75) is 13.8 Å². The molecule has 2 nitrogen and oxygen atoms in total. The molecule has 0 bridgehead atoms. The van der Waals surface area contributed by atoms with Crippen LogP contribution >= 0.6 is 11.3 Å². The van der Waals surface area contributed by atoms with E-state index in [0.29, 0.717) is 5.56 Å². The number of thiophene rings is 1. The highest BCUT2D eigenvalue weighted by Gasteiger charge is 2.19. The third kappa shape index (κ3) is 6.99. The second-order valence-corrected chi connectivity index (χ2v) is 14.1. The van der Waals surface area contributed by atoms with Crippen LogP contribution in [0, 0.1) is 25.5 Å². The van der Waals surface area contributed by atoms with Crippen molar-refractivity contribution in [3.05, 3.63) is 205 Å². The van der Waals surface area contributed by atoms with Crippen molar-refractivity contribution in [2.24, 2.45) is 0 Å². The first-order chi connectivity index (χ1) is 25.9. The van der Waals surface area contributed by atoms with Gasteiger partial charge in [-0.3, -0.25) is 0 Å². The number of hydrogen-bond acceptors (Lipinski definition) is 3. The molecule has 0 atom stereocenters. The highest BCUT2D eigenvalue weighted by molar-refractivity contribution is 7.19. The Morgan fingerprint density at radius 1 is 0.396 bits per heavy atom. The zero-order valence-electron chi connectivity index (χ0n) is 29.4. The summed E-state index contributed by atoms with van der Waals surface area (Å²) in [5.41, 5.74) is 11.1. The molecular weight excluding hydrogens is 675 g/mol. The van der Waals surface area contributed by atoms with Crippen LogP contribution in [0.15, 0.2) is 182 Å². The molecule has 258 valence electrons. The van der Waals surface area contributed by atoms with Crippen molar-refractivity contribution in [2.75, 3.05) is 9.80 Å². The van der Waals surface area contributed by atoms with Crippen LogP contribution in [0.3, 0.4) is 0 Å². The van der Waals surface area contributed by atoms with Gasteiger partial charge in [-0.15, -0.1) is 11.3 Å². The van der Waals surface area contributed by atoms with Crippen molar-refractivity contribution in [3.8, 4) is 32.0 Å². The lowest BCUT2D eigenvalue weighted by molar-refractivity contribution is 0.569. The number of halogens is 2. The molecule has 1 heterocycles. The summed E-state index contributed by atoms with van der Waals surface area (Å²) in [4.78, 5) is 6.28. The quantitative estimate of drug-likeness (QED) is 0.147. The van der Waals surface area contributed by atoms with E-state index in [-0.39, 0.29) is 5.56 Å². The summed E-state index contributed by atoms with van der Waals surface area (Å²) in [5, 5.41) is 0. The molecule has 0 amide bonds. The van der Waals surface area contributed by atoms with Gasteiger partial charge in [0, 0.05) is 55.0 Å². The molecule has 8 aromatic rings. The normalized spacial score (nSPS) is 11.0. The second kappa shape index (κ2) is 14.7. The van der Waals surface area contributed by atoms with Gasteiger partial charge in [-0.2, -0.15) is 0 Å². The zero-order chi connectivity index (χ0) is 36.3. The predicted octanol–water partition coefficient (Wildman–Crippen LogP) is 14.6. The summed E-state index contributed by atoms with van der Waals surface area (Å²) in [6.45, 7) is 3.56. The molecule has 1 aromatic heterocycles. The molecule has 0 N–H and O–H groups in total. The SMILES string of the molecule is Cc1ccc(N(c2ccccc2)c2ccc(-c3sc(-c4cc(F)c(C)c(F)c4)cc3-c3ccc(N(c4ccccc4)c4ccccc4)cc3)cc2)cc1. The first-order valence-corrected chi connectivity index (χ1v) is 18.4. The second-order valence-electron chi connectivity index (χ2n) is 13.0. The Hall–Kier alpha value is -6.30. The Morgan fingerprint density at radius 2 is 0.774 bits per heavy atom. The zero-order valence-corrected chi connectivity index (χ0v) is 30.2. The molecule has 0 saturated heterocycles. The maximum Gasteiger partial charge on any atom is 0.129 e. The van der Waals surface area contributed by atoms with Crippen LogP contribution in [0.4, 0.5) is 42.9 Å². The molecule has 8 rings (SSSR count). The van der Waals surface area contributed by atoms with Crippen molar-refractivity contribution < 1.29 is 8.78 Å². The Bertz CT molecular complexity index is 2400. The number of rotatable bonds is 9. The molecule has 0 saturated carbocycles. The van der Waals surface area contributed by atoms with Crippen molar-refractivity contribution in [3.63, 3.8) is 0 Å². The van der Waals surface area contributed by atoms with E-state index < -0.39 is 11.6 Å². The molecule has 0 fully saturated rings.